The second-order valence-electron chi connectivity index (χ2n) is 4.06. The number of hydrogen-bond donors (Lipinski definition) is 2. The van der Waals surface area contributed by atoms with Crippen LogP contribution in [0.5, 0.6) is 0 Å². The molecule has 98 valence electrons. The molecule has 19 heavy (non-hydrogen) atoms. The van der Waals surface area contributed by atoms with Crippen LogP contribution in [0.3, 0.4) is 0 Å². The highest BCUT2D eigenvalue weighted by Gasteiger charge is 2.18. The highest BCUT2D eigenvalue weighted by atomic mass is 32.1. The standard InChI is InChI=1S/C14H13NO3S/c1-9(12-7-4-8-19-12)15-13(16)10-5-2-3-6-11(10)14(17)18/h2-9H,1H3,(H,15,16)(H,17,18)/t9-/m0/s1. The number of carbonyl (C=O) groups is 2. The minimum absolute atomic E-state index is 0.0124. The van der Waals surface area contributed by atoms with Crippen molar-refractivity contribution in [2.75, 3.05) is 0 Å². The topological polar surface area (TPSA) is 66.4 Å². The minimum Gasteiger partial charge on any atom is -0.478 e. The van der Waals surface area contributed by atoms with Gasteiger partial charge in [0.25, 0.3) is 5.91 Å². The molecule has 0 saturated heterocycles. The summed E-state index contributed by atoms with van der Waals surface area (Å²) in [5.74, 6) is -1.48. The van der Waals surface area contributed by atoms with Crippen molar-refractivity contribution < 1.29 is 14.7 Å². The fraction of sp³-hybridized carbons (Fsp3) is 0.143. The summed E-state index contributed by atoms with van der Waals surface area (Å²) in [5, 5.41) is 13.8. The zero-order valence-electron chi connectivity index (χ0n) is 10.3. The Balaban J connectivity index is 2.19. The fourth-order valence-electron chi connectivity index (χ4n) is 1.75. The van der Waals surface area contributed by atoms with E-state index < -0.39 is 5.97 Å². The molecule has 0 radical (unpaired) electrons. The number of carbonyl (C=O) groups excluding carboxylic acids is 1. The summed E-state index contributed by atoms with van der Waals surface area (Å²) in [4.78, 5) is 24.2. The van der Waals surface area contributed by atoms with Crippen molar-refractivity contribution in [3.63, 3.8) is 0 Å². The number of nitrogens with one attached hydrogen (secondary N) is 1. The van der Waals surface area contributed by atoms with Gasteiger partial charge in [-0.25, -0.2) is 4.79 Å². The lowest BCUT2D eigenvalue weighted by molar-refractivity contribution is 0.0690. The summed E-state index contributed by atoms with van der Waals surface area (Å²) in [7, 11) is 0. The average molecular weight is 275 g/mol. The number of hydrogen-bond acceptors (Lipinski definition) is 3. The molecule has 1 heterocycles. The number of rotatable bonds is 4. The number of carboxylic acid groups (broad SMARTS) is 1. The van der Waals surface area contributed by atoms with E-state index in [9.17, 15) is 9.59 Å². The van der Waals surface area contributed by atoms with Crippen LogP contribution in [0.1, 0.15) is 38.6 Å². The molecule has 0 aliphatic rings. The first kappa shape index (κ1) is 13.3. The third kappa shape index (κ3) is 3.00. The van der Waals surface area contributed by atoms with Crippen molar-refractivity contribution >= 4 is 23.2 Å². The van der Waals surface area contributed by atoms with Crippen LogP contribution in [-0.2, 0) is 0 Å². The summed E-state index contributed by atoms with van der Waals surface area (Å²) in [6, 6.07) is 9.88. The van der Waals surface area contributed by atoms with Crippen molar-refractivity contribution in [1.29, 1.82) is 0 Å². The van der Waals surface area contributed by atoms with Gasteiger partial charge >= 0.3 is 5.97 Å². The maximum atomic E-state index is 12.1. The molecule has 2 aromatic rings. The van der Waals surface area contributed by atoms with E-state index in [0.29, 0.717) is 0 Å². The molecule has 2 rings (SSSR count). The molecule has 4 nitrogen and oxygen atoms in total. The van der Waals surface area contributed by atoms with Gasteiger partial charge in [-0.3, -0.25) is 4.79 Å². The predicted octanol–water partition coefficient (Wildman–Crippen LogP) is 2.94. The monoisotopic (exact) mass is 275 g/mol. The maximum absolute atomic E-state index is 12.1. The summed E-state index contributed by atoms with van der Waals surface area (Å²) in [6.07, 6.45) is 0. The number of amides is 1. The molecule has 0 bridgehead atoms. The van der Waals surface area contributed by atoms with Crippen LogP contribution in [0, 0.1) is 0 Å². The van der Waals surface area contributed by atoms with Crippen LogP contribution < -0.4 is 5.32 Å². The van der Waals surface area contributed by atoms with E-state index in [-0.39, 0.29) is 23.1 Å². The van der Waals surface area contributed by atoms with Crippen LogP contribution in [0.2, 0.25) is 0 Å². The van der Waals surface area contributed by atoms with E-state index in [0.717, 1.165) is 4.88 Å². The van der Waals surface area contributed by atoms with E-state index in [2.05, 4.69) is 5.32 Å². The normalized spacial score (nSPS) is 11.8. The molecular formula is C14H13NO3S. The molecule has 2 N–H and O–H groups in total. The summed E-state index contributed by atoms with van der Waals surface area (Å²) in [6.45, 7) is 1.87. The average Bonchev–Trinajstić information content (AvgIpc) is 2.92. The first-order chi connectivity index (χ1) is 9.09. The Kier molecular flexibility index (Phi) is 3.97. The first-order valence-electron chi connectivity index (χ1n) is 5.76. The van der Waals surface area contributed by atoms with Gasteiger partial charge in [0.05, 0.1) is 17.2 Å². The smallest absolute Gasteiger partial charge is 0.336 e. The van der Waals surface area contributed by atoms with Gasteiger partial charge in [0.1, 0.15) is 0 Å². The van der Waals surface area contributed by atoms with E-state index in [1.54, 1.807) is 23.5 Å². The van der Waals surface area contributed by atoms with Gasteiger partial charge in [-0.15, -0.1) is 11.3 Å². The molecule has 0 aliphatic carbocycles. The number of carboxylic acids is 1. The number of thiophene rings is 1. The summed E-state index contributed by atoms with van der Waals surface area (Å²) < 4.78 is 0. The zero-order valence-corrected chi connectivity index (χ0v) is 11.1. The molecular weight excluding hydrogens is 262 g/mol. The molecule has 1 aromatic heterocycles. The number of aromatic carboxylic acids is 1. The van der Waals surface area contributed by atoms with Gasteiger partial charge in [-0.1, -0.05) is 18.2 Å². The van der Waals surface area contributed by atoms with Crippen molar-refractivity contribution in [1.82, 2.24) is 5.32 Å². The van der Waals surface area contributed by atoms with Crippen LogP contribution in [-0.4, -0.2) is 17.0 Å². The third-order valence-corrected chi connectivity index (χ3v) is 3.77. The van der Waals surface area contributed by atoms with Gasteiger partial charge in [0, 0.05) is 4.88 Å². The SMILES string of the molecule is C[C@H](NC(=O)c1ccccc1C(=O)O)c1cccs1. The Morgan fingerprint density at radius 3 is 2.42 bits per heavy atom. The highest BCUT2D eigenvalue weighted by Crippen LogP contribution is 2.19. The molecule has 1 atom stereocenters. The second kappa shape index (κ2) is 5.67. The predicted molar refractivity (Wildman–Crippen MR) is 73.6 cm³/mol. The van der Waals surface area contributed by atoms with Crippen LogP contribution in [0.15, 0.2) is 41.8 Å². The Hall–Kier alpha value is -2.14. The van der Waals surface area contributed by atoms with Gasteiger partial charge in [0.2, 0.25) is 0 Å². The Morgan fingerprint density at radius 1 is 1.16 bits per heavy atom. The van der Waals surface area contributed by atoms with Crippen LogP contribution in [0.4, 0.5) is 0 Å². The Labute approximate surface area is 114 Å². The van der Waals surface area contributed by atoms with Crippen LogP contribution >= 0.6 is 11.3 Å². The highest BCUT2D eigenvalue weighted by molar-refractivity contribution is 7.10. The van der Waals surface area contributed by atoms with Crippen molar-refractivity contribution in [2.24, 2.45) is 0 Å². The quantitative estimate of drug-likeness (QED) is 0.901. The summed E-state index contributed by atoms with van der Waals surface area (Å²) in [5.41, 5.74) is 0.191. The van der Waals surface area contributed by atoms with E-state index in [4.69, 9.17) is 5.11 Å². The van der Waals surface area contributed by atoms with Crippen LogP contribution in [0.25, 0.3) is 0 Å². The fourth-order valence-corrected chi connectivity index (χ4v) is 2.49. The summed E-state index contributed by atoms with van der Waals surface area (Å²) >= 11 is 1.55. The minimum atomic E-state index is -1.10. The van der Waals surface area contributed by atoms with E-state index in [1.165, 1.54) is 12.1 Å². The second-order valence-corrected chi connectivity index (χ2v) is 5.04. The maximum Gasteiger partial charge on any atom is 0.336 e. The van der Waals surface area contributed by atoms with Crippen molar-refractivity contribution in [3.8, 4) is 0 Å². The first-order valence-corrected chi connectivity index (χ1v) is 6.64. The lowest BCUT2D eigenvalue weighted by Crippen LogP contribution is -2.27. The van der Waals surface area contributed by atoms with Gasteiger partial charge < -0.3 is 10.4 Å². The van der Waals surface area contributed by atoms with Gasteiger partial charge in [-0.05, 0) is 30.5 Å². The number of benzene rings is 1. The Morgan fingerprint density at radius 2 is 1.84 bits per heavy atom. The van der Waals surface area contributed by atoms with Crippen molar-refractivity contribution in [3.05, 3.63) is 57.8 Å². The molecule has 0 saturated carbocycles. The third-order valence-electron chi connectivity index (χ3n) is 2.72. The molecule has 0 spiro atoms. The molecule has 0 unspecified atom stereocenters. The largest absolute Gasteiger partial charge is 0.478 e. The van der Waals surface area contributed by atoms with Crippen molar-refractivity contribution in [2.45, 2.75) is 13.0 Å². The lowest BCUT2D eigenvalue weighted by Gasteiger charge is -2.13. The van der Waals surface area contributed by atoms with E-state index in [1.807, 2.05) is 24.4 Å². The molecule has 5 heteroatoms. The molecule has 1 amide bonds. The molecule has 0 aliphatic heterocycles. The van der Waals surface area contributed by atoms with E-state index >= 15 is 0 Å². The van der Waals surface area contributed by atoms with Gasteiger partial charge in [0.15, 0.2) is 0 Å². The van der Waals surface area contributed by atoms with Gasteiger partial charge in [-0.2, -0.15) is 0 Å². The Bertz CT molecular complexity index is 592. The molecule has 0 fully saturated rings. The zero-order chi connectivity index (χ0) is 13.8. The lowest BCUT2D eigenvalue weighted by atomic mass is 10.1. The molecule has 1 aromatic carbocycles.